The SMILES string of the molecule is CCOC1CC(NC2CCCCCC2O)C1(C)C. The van der Waals surface area contributed by atoms with E-state index in [4.69, 9.17) is 4.74 Å². The summed E-state index contributed by atoms with van der Waals surface area (Å²) in [6.07, 6.45) is 7.07. The third-order valence-electron chi connectivity index (χ3n) is 4.94. The summed E-state index contributed by atoms with van der Waals surface area (Å²) in [5, 5.41) is 13.9. The molecule has 3 heteroatoms. The van der Waals surface area contributed by atoms with Gasteiger partial charge in [0.2, 0.25) is 0 Å². The van der Waals surface area contributed by atoms with Crippen molar-refractivity contribution in [1.82, 2.24) is 5.32 Å². The molecule has 3 nitrogen and oxygen atoms in total. The molecule has 4 unspecified atom stereocenters. The molecule has 0 bridgehead atoms. The Morgan fingerprint density at radius 2 is 1.94 bits per heavy atom. The lowest BCUT2D eigenvalue weighted by molar-refractivity contribution is -0.119. The normalized spacial score (nSPS) is 40.0. The number of rotatable bonds is 4. The van der Waals surface area contributed by atoms with Crippen LogP contribution in [0.25, 0.3) is 0 Å². The smallest absolute Gasteiger partial charge is 0.0693 e. The standard InChI is InChI=1S/C15H29NO2/c1-4-18-14-10-13(15(14,2)3)16-11-8-6-5-7-9-12(11)17/h11-14,16-17H,4-10H2,1-3H3. The monoisotopic (exact) mass is 255 g/mol. The molecule has 0 saturated heterocycles. The van der Waals surface area contributed by atoms with Crippen LogP contribution in [-0.4, -0.2) is 36.0 Å². The molecule has 2 saturated carbocycles. The fourth-order valence-electron chi connectivity index (χ4n) is 3.39. The van der Waals surface area contributed by atoms with Crippen LogP contribution in [0.15, 0.2) is 0 Å². The molecule has 0 aromatic rings. The third-order valence-corrected chi connectivity index (χ3v) is 4.94. The number of hydrogen-bond acceptors (Lipinski definition) is 3. The van der Waals surface area contributed by atoms with E-state index < -0.39 is 0 Å². The van der Waals surface area contributed by atoms with Gasteiger partial charge in [0.25, 0.3) is 0 Å². The zero-order valence-electron chi connectivity index (χ0n) is 12.1. The van der Waals surface area contributed by atoms with E-state index in [0.29, 0.717) is 18.2 Å². The lowest BCUT2D eigenvalue weighted by atomic mass is 9.64. The Morgan fingerprint density at radius 1 is 1.22 bits per heavy atom. The fraction of sp³-hybridized carbons (Fsp3) is 1.00. The molecule has 0 heterocycles. The van der Waals surface area contributed by atoms with Crippen molar-refractivity contribution in [3.05, 3.63) is 0 Å². The first kappa shape index (κ1) is 14.3. The highest BCUT2D eigenvalue weighted by Gasteiger charge is 2.49. The summed E-state index contributed by atoms with van der Waals surface area (Å²) in [5.41, 5.74) is 0.196. The summed E-state index contributed by atoms with van der Waals surface area (Å²) in [6.45, 7) is 7.41. The van der Waals surface area contributed by atoms with Gasteiger partial charge in [-0.3, -0.25) is 0 Å². The molecule has 0 aromatic heterocycles. The van der Waals surface area contributed by atoms with Crippen molar-refractivity contribution < 1.29 is 9.84 Å². The van der Waals surface area contributed by atoms with E-state index in [0.717, 1.165) is 25.9 Å². The highest BCUT2D eigenvalue weighted by molar-refractivity contribution is 5.04. The van der Waals surface area contributed by atoms with Gasteiger partial charge in [0.15, 0.2) is 0 Å². The van der Waals surface area contributed by atoms with Gasteiger partial charge >= 0.3 is 0 Å². The van der Waals surface area contributed by atoms with E-state index in [-0.39, 0.29) is 11.5 Å². The van der Waals surface area contributed by atoms with Crippen molar-refractivity contribution in [3.8, 4) is 0 Å². The first-order valence-electron chi connectivity index (χ1n) is 7.61. The van der Waals surface area contributed by atoms with Crippen LogP contribution < -0.4 is 5.32 Å². The number of nitrogens with one attached hydrogen (secondary N) is 1. The van der Waals surface area contributed by atoms with Crippen molar-refractivity contribution in [2.75, 3.05) is 6.61 Å². The van der Waals surface area contributed by atoms with Gasteiger partial charge in [-0.25, -0.2) is 0 Å². The van der Waals surface area contributed by atoms with Crippen molar-refractivity contribution in [1.29, 1.82) is 0 Å². The van der Waals surface area contributed by atoms with Gasteiger partial charge in [0, 0.05) is 24.1 Å². The Bertz CT molecular complexity index is 267. The molecule has 2 N–H and O–H groups in total. The molecule has 0 amide bonds. The Kier molecular flexibility index (Phi) is 4.68. The quantitative estimate of drug-likeness (QED) is 0.758. The number of aliphatic hydroxyl groups is 1. The molecule has 0 aliphatic heterocycles. The fourth-order valence-corrected chi connectivity index (χ4v) is 3.39. The lowest BCUT2D eigenvalue weighted by Crippen LogP contribution is -2.64. The zero-order valence-corrected chi connectivity index (χ0v) is 12.1. The summed E-state index contributed by atoms with van der Waals surface area (Å²) < 4.78 is 5.76. The van der Waals surface area contributed by atoms with Crippen LogP contribution >= 0.6 is 0 Å². The van der Waals surface area contributed by atoms with Crippen LogP contribution in [0.1, 0.15) is 59.3 Å². The maximum Gasteiger partial charge on any atom is 0.0693 e. The molecule has 2 aliphatic carbocycles. The first-order valence-corrected chi connectivity index (χ1v) is 7.61. The summed E-state index contributed by atoms with van der Waals surface area (Å²) in [6, 6.07) is 0.783. The highest BCUT2D eigenvalue weighted by atomic mass is 16.5. The average molecular weight is 255 g/mol. The number of ether oxygens (including phenoxy) is 1. The van der Waals surface area contributed by atoms with Gasteiger partial charge in [-0.2, -0.15) is 0 Å². The van der Waals surface area contributed by atoms with E-state index in [2.05, 4.69) is 26.1 Å². The Labute approximate surface area is 111 Å². The van der Waals surface area contributed by atoms with Gasteiger partial charge in [-0.15, -0.1) is 0 Å². The third kappa shape index (κ3) is 2.89. The Morgan fingerprint density at radius 3 is 2.61 bits per heavy atom. The predicted octanol–water partition coefficient (Wildman–Crippen LogP) is 2.47. The van der Waals surface area contributed by atoms with Crippen LogP contribution in [0.5, 0.6) is 0 Å². The van der Waals surface area contributed by atoms with Crippen LogP contribution in [0.4, 0.5) is 0 Å². The highest BCUT2D eigenvalue weighted by Crippen LogP contribution is 2.43. The molecule has 106 valence electrons. The molecule has 4 atom stereocenters. The minimum absolute atomic E-state index is 0.158. The van der Waals surface area contributed by atoms with E-state index in [1.165, 1.54) is 19.3 Å². The van der Waals surface area contributed by atoms with E-state index in [9.17, 15) is 5.11 Å². The second-order valence-corrected chi connectivity index (χ2v) is 6.53. The molecule has 0 aromatic carbocycles. The Hall–Kier alpha value is -0.120. The second kappa shape index (κ2) is 5.89. The van der Waals surface area contributed by atoms with E-state index in [1.54, 1.807) is 0 Å². The van der Waals surface area contributed by atoms with Crippen LogP contribution in [0.2, 0.25) is 0 Å². The molecule has 2 fully saturated rings. The van der Waals surface area contributed by atoms with Crippen LogP contribution in [0.3, 0.4) is 0 Å². The second-order valence-electron chi connectivity index (χ2n) is 6.53. The maximum atomic E-state index is 10.2. The largest absolute Gasteiger partial charge is 0.392 e. The molecule has 18 heavy (non-hydrogen) atoms. The molecule has 2 rings (SSSR count). The van der Waals surface area contributed by atoms with Crippen LogP contribution in [-0.2, 0) is 4.74 Å². The van der Waals surface area contributed by atoms with E-state index >= 15 is 0 Å². The van der Waals surface area contributed by atoms with Gasteiger partial charge in [0.05, 0.1) is 12.2 Å². The van der Waals surface area contributed by atoms with Gasteiger partial charge in [-0.05, 0) is 26.2 Å². The molecule has 2 aliphatic rings. The summed E-state index contributed by atoms with van der Waals surface area (Å²) in [4.78, 5) is 0. The minimum Gasteiger partial charge on any atom is -0.392 e. The van der Waals surface area contributed by atoms with Gasteiger partial charge < -0.3 is 15.2 Å². The number of hydrogen-bond donors (Lipinski definition) is 2. The zero-order chi connectivity index (χ0) is 13.2. The topological polar surface area (TPSA) is 41.5 Å². The average Bonchev–Trinajstić information content (AvgIpc) is 2.53. The van der Waals surface area contributed by atoms with Crippen molar-refractivity contribution in [3.63, 3.8) is 0 Å². The number of aliphatic hydroxyl groups excluding tert-OH is 1. The van der Waals surface area contributed by atoms with Gasteiger partial charge in [0.1, 0.15) is 0 Å². The van der Waals surface area contributed by atoms with Crippen molar-refractivity contribution in [2.45, 2.75) is 83.6 Å². The predicted molar refractivity (Wildman–Crippen MR) is 73.6 cm³/mol. The van der Waals surface area contributed by atoms with Crippen molar-refractivity contribution >= 4 is 0 Å². The molecular weight excluding hydrogens is 226 g/mol. The molecule has 0 spiro atoms. The maximum absolute atomic E-state index is 10.2. The van der Waals surface area contributed by atoms with Crippen molar-refractivity contribution in [2.24, 2.45) is 5.41 Å². The Balaban J connectivity index is 1.86. The molecular formula is C15H29NO2. The lowest BCUT2D eigenvalue weighted by Gasteiger charge is -2.53. The summed E-state index contributed by atoms with van der Waals surface area (Å²) in [7, 11) is 0. The summed E-state index contributed by atoms with van der Waals surface area (Å²) in [5.74, 6) is 0. The summed E-state index contributed by atoms with van der Waals surface area (Å²) >= 11 is 0. The minimum atomic E-state index is -0.158. The first-order chi connectivity index (χ1) is 8.55. The molecule has 0 radical (unpaired) electrons. The van der Waals surface area contributed by atoms with E-state index in [1.807, 2.05) is 0 Å². The van der Waals surface area contributed by atoms with Crippen LogP contribution in [0, 0.1) is 5.41 Å². The van der Waals surface area contributed by atoms with Gasteiger partial charge in [-0.1, -0.05) is 33.1 Å².